The minimum Gasteiger partial charge on any atom is -0.208 e. The van der Waals surface area contributed by atoms with Gasteiger partial charge in [-0.25, -0.2) is 15.0 Å². The average Bonchev–Trinajstić information content (AvgIpc) is 3.85. The summed E-state index contributed by atoms with van der Waals surface area (Å²) in [5.41, 5.74) is 21.6. The maximum absolute atomic E-state index is 5.29. The molecule has 56 heavy (non-hydrogen) atoms. The van der Waals surface area contributed by atoms with E-state index in [1.807, 2.05) is 0 Å². The first-order valence-electron chi connectivity index (χ1n) is 19.9. The lowest BCUT2D eigenvalue weighted by Gasteiger charge is -2.17. The van der Waals surface area contributed by atoms with Crippen molar-refractivity contribution in [2.75, 3.05) is 0 Å². The van der Waals surface area contributed by atoms with Crippen LogP contribution >= 0.6 is 0 Å². The van der Waals surface area contributed by atoms with Gasteiger partial charge in [0.25, 0.3) is 0 Å². The molecule has 266 valence electrons. The number of hydrogen-bond acceptors (Lipinski definition) is 3. The van der Waals surface area contributed by atoms with Crippen LogP contribution in [-0.4, -0.2) is 15.0 Å². The minimum absolute atomic E-state index is 0.698. The fourth-order valence-corrected chi connectivity index (χ4v) is 9.22. The van der Waals surface area contributed by atoms with E-state index < -0.39 is 0 Å². The topological polar surface area (TPSA) is 38.7 Å². The van der Waals surface area contributed by atoms with Crippen LogP contribution in [0.1, 0.15) is 64.9 Å². The molecule has 1 heterocycles. The number of fused-ring (bicyclic) bond motifs is 6. The van der Waals surface area contributed by atoms with Crippen molar-refractivity contribution < 1.29 is 0 Å². The van der Waals surface area contributed by atoms with Crippen LogP contribution < -0.4 is 0 Å². The van der Waals surface area contributed by atoms with Gasteiger partial charge in [0, 0.05) is 16.7 Å². The standard InChI is InChI=1S/C53H39N3/c1-3-13-34(14-4-1)35-25-27-37(28-26-35)51-54-52(56-53(55-51)48-20-10-9-18-41(48)36-15-5-2-6-16-36)39-29-30-43-40(31-39)33-50-45(43)22-12-24-47(50)46-23-11-21-44-42-19-8-7-17-38(42)32-49(44)46/h2-3,5-9,11-19,21-31H,1,4,10,20,32-33H2. The summed E-state index contributed by atoms with van der Waals surface area (Å²) < 4.78 is 0. The molecule has 0 bridgehead atoms. The summed E-state index contributed by atoms with van der Waals surface area (Å²) in [7, 11) is 0. The molecule has 0 aliphatic heterocycles. The van der Waals surface area contributed by atoms with Crippen molar-refractivity contribution in [2.24, 2.45) is 0 Å². The van der Waals surface area contributed by atoms with Crippen molar-refractivity contribution in [1.29, 1.82) is 0 Å². The molecule has 0 atom stereocenters. The summed E-state index contributed by atoms with van der Waals surface area (Å²) in [5.74, 6) is 2.16. The molecule has 0 unspecified atom stereocenters. The van der Waals surface area contributed by atoms with E-state index in [9.17, 15) is 0 Å². The van der Waals surface area contributed by atoms with Crippen LogP contribution in [0.3, 0.4) is 0 Å². The highest BCUT2D eigenvalue weighted by atomic mass is 15.0. The second kappa shape index (κ2) is 13.5. The quantitative estimate of drug-likeness (QED) is 0.172. The van der Waals surface area contributed by atoms with Crippen molar-refractivity contribution in [3.8, 4) is 56.2 Å². The molecule has 0 fully saturated rings. The molecule has 1 aromatic heterocycles. The lowest BCUT2D eigenvalue weighted by atomic mass is 9.90. The van der Waals surface area contributed by atoms with Crippen molar-refractivity contribution >= 4 is 16.7 Å². The zero-order valence-corrected chi connectivity index (χ0v) is 31.2. The molecule has 3 nitrogen and oxygen atoms in total. The molecule has 4 aliphatic carbocycles. The molecule has 11 rings (SSSR count). The van der Waals surface area contributed by atoms with Crippen molar-refractivity contribution in [1.82, 2.24) is 15.0 Å². The molecule has 7 aromatic rings. The molecular formula is C53H39N3. The van der Waals surface area contributed by atoms with Crippen molar-refractivity contribution in [3.05, 3.63) is 203 Å². The summed E-state index contributed by atoms with van der Waals surface area (Å²) in [6, 6.07) is 48.7. The first-order chi connectivity index (χ1) is 27.7. The van der Waals surface area contributed by atoms with Crippen LogP contribution in [0.25, 0.3) is 72.9 Å². The predicted molar refractivity (Wildman–Crippen MR) is 231 cm³/mol. The summed E-state index contributed by atoms with van der Waals surface area (Å²) >= 11 is 0. The van der Waals surface area contributed by atoms with Gasteiger partial charge in [0.05, 0.1) is 0 Å². The molecule has 0 saturated carbocycles. The Balaban J connectivity index is 1.01. The van der Waals surface area contributed by atoms with Gasteiger partial charge in [-0.3, -0.25) is 0 Å². The number of hydrogen-bond donors (Lipinski definition) is 0. The lowest BCUT2D eigenvalue weighted by Crippen LogP contribution is -2.06. The smallest absolute Gasteiger partial charge is 0.164 e. The zero-order valence-electron chi connectivity index (χ0n) is 31.2. The van der Waals surface area contributed by atoms with Crippen LogP contribution in [0, 0.1) is 0 Å². The third-order valence-electron chi connectivity index (χ3n) is 12.0. The van der Waals surface area contributed by atoms with Gasteiger partial charge in [-0.2, -0.15) is 0 Å². The fraction of sp³-hybridized carbons (Fsp3) is 0.113. The lowest BCUT2D eigenvalue weighted by molar-refractivity contribution is 0.980. The largest absolute Gasteiger partial charge is 0.208 e. The van der Waals surface area contributed by atoms with Gasteiger partial charge in [0.2, 0.25) is 0 Å². The first kappa shape index (κ1) is 32.7. The normalized spacial score (nSPS) is 15.0. The van der Waals surface area contributed by atoms with E-state index >= 15 is 0 Å². The van der Waals surface area contributed by atoms with Gasteiger partial charge < -0.3 is 0 Å². The van der Waals surface area contributed by atoms with Crippen molar-refractivity contribution in [3.63, 3.8) is 0 Å². The second-order valence-corrected chi connectivity index (χ2v) is 15.3. The number of allylic oxidation sites excluding steroid dienone is 8. The van der Waals surface area contributed by atoms with E-state index in [0.717, 1.165) is 61.0 Å². The Bertz CT molecular complexity index is 2830. The van der Waals surface area contributed by atoms with Gasteiger partial charge in [0.15, 0.2) is 17.5 Å². The fourth-order valence-electron chi connectivity index (χ4n) is 9.22. The van der Waals surface area contributed by atoms with Crippen LogP contribution in [0.15, 0.2) is 164 Å². The van der Waals surface area contributed by atoms with Gasteiger partial charge in [-0.1, -0.05) is 158 Å². The van der Waals surface area contributed by atoms with Gasteiger partial charge in [-0.15, -0.1) is 0 Å². The minimum atomic E-state index is 0.698. The first-order valence-corrected chi connectivity index (χ1v) is 19.9. The number of nitrogens with zero attached hydrogens (tertiary/aromatic N) is 3. The molecule has 0 amide bonds. The Morgan fingerprint density at radius 1 is 0.393 bits per heavy atom. The maximum Gasteiger partial charge on any atom is 0.164 e. The van der Waals surface area contributed by atoms with Crippen LogP contribution in [-0.2, 0) is 12.8 Å². The van der Waals surface area contributed by atoms with E-state index in [1.54, 1.807) is 0 Å². The molecular weight excluding hydrogens is 679 g/mol. The summed E-state index contributed by atoms with van der Waals surface area (Å²) in [6.45, 7) is 0. The highest BCUT2D eigenvalue weighted by molar-refractivity contribution is 5.96. The Morgan fingerprint density at radius 3 is 1.73 bits per heavy atom. The van der Waals surface area contributed by atoms with Gasteiger partial charge in [0.1, 0.15) is 0 Å². The van der Waals surface area contributed by atoms with E-state index in [4.69, 9.17) is 15.0 Å². The molecule has 4 aliphatic rings. The Hall–Kier alpha value is -6.71. The highest BCUT2D eigenvalue weighted by Crippen LogP contribution is 2.47. The predicted octanol–water partition coefficient (Wildman–Crippen LogP) is 13.0. The molecule has 0 radical (unpaired) electrons. The zero-order chi connectivity index (χ0) is 37.0. The number of benzene rings is 6. The summed E-state index contributed by atoms with van der Waals surface area (Å²) in [5, 5.41) is 0. The Labute approximate surface area is 328 Å². The van der Waals surface area contributed by atoms with E-state index in [1.165, 1.54) is 77.9 Å². The molecule has 3 heteroatoms. The third-order valence-corrected chi connectivity index (χ3v) is 12.0. The van der Waals surface area contributed by atoms with Crippen LogP contribution in [0.2, 0.25) is 0 Å². The third kappa shape index (κ3) is 5.62. The average molecular weight is 718 g/mol. The molecule has 0 saturated heterocycles. The summed E-state index contributed by atoms with van der Waals surface area (Å²) in [4.78, 5) is 15.7. The highest BCUT2D eigenvalue weighted by Gasteiger charge is 2.27. The maximum atomic E-state index is 5.29. The SMILES string of the molecule is C1=CC(c2ccc(-c3nc(C4=C(c5ccccc5)C=CCC4)nc(-c4ccc5c(c4)Cc4c-5cccc4-c4cccc5c4Cc4ccccc4-5)n3)cc2)=CCC1. The van der Waals surface area contributed by atoms with Crippen LogP contribution in [0.4, 0.5) is 0 Å². The Morgan fingerprint density at radius 2 is 0.982 bits per heavy atom. The number of aromatic nitrogens is 3. The monoisotopic (exact) mass is 717 g/mol. The van der Waals surface area contributed by atoms with E-state index in [0.29, 0.717) is 11.6 Å². The summed E-state index contributed by atoms with van der Waals surface area (Å²) in [6.07, 6.45) is 17.2. The molecule has 0 spiro atoms. The van der Waals surface area contributed by atoms with Gasteiger partial charge in [-0.05, 0) is 122 Å². The molecule has 6 aromatic carbocycles. The van der Waals surface area contributed by atoms with E-state index in [2.05, 4.69) is 164 Å². The van der Waals surface area contributed by atoms with Crippen LogP contribution in [0.5, 0.6) is 0 Å². The van der Waals surface area contributed by atoms with Gasteiger partial charge >= 0.3 is 0 Å². The molecule has 0 N–H and O–H groups in total. The van der Waals surface area contributed by atoms with Crippen molar-refractivity contribution in [2.45, 2.75) is 38.5 Å². The Kier molecular flexibility index (Phi) is 7.91. The second-order valence-electron chi connectivity index (χ2n) is 15.3. The number of rotatable bonds is 6. The van der Waals surface area contributed by atoms with E-state index in [-0.39, 0.29) is 0 Å².